The van der Waals surface area contributed by atoms with Gasteiger partial charge >= 0.3 is 0 Å². The number of aliphatic hydroxyl groups is 2. The molecule has 24 heavy (non-hydrogen) atoms. The minimum Gasteiger partial charge on any atom is -0.393 e. The van der Waals surface area contributed by atoms with Crippen molar-refractivity contribution in [2.24, 2.45) is 28.6 Å². The van der Waals surface area contributed by atoms with Crippen LogP contribution in [0.4, 0.5) is 4.39 Å². The Kier molecular flexibility index (Phi) is 3.42. The van der Waals surface area contributed by atoms with Crippen LogP contribution >= 0.6 is 0 Å². The van der Waals surface area contributed by atoms with Gasteiger partial charge in [-0.2, -0.15) is 0 Å². The Morgan fingerprint density at radius 2 is 1.79 bits per heavy atom. The molecule has 4 rings (SSSR count). The van der Waals surface area contributed by atoms with Crippen LogP contribution in [0.5, 0.6) is 0 Å². The Hall–Kier alpha value is -0.740. The van der Waals surface area contributed by atoms with Gasteiger partial charge in [0.1, 0.15) is 5.67 Å². The number of hydrogen-bond donors (Lipinski definition) is 2. The molecule has 2 N–H and O–H groups in total. The van der Waals surface area contributed by atoms with Gasteiger partial charge in [0.15, 0.2) is 5.78 Å². The van der Waals surface area contributed by atoms with E-state index in [9.17, 15) is 15.0 Å². The lowest BCUT2D eigenvalue weighted by Gasteiger charge is -2.63. The normalized spacial score (nSPS) is 57.0. The van der Waals surface area contributed by atoms with Crippen molar-refractivity contribution in [3.05, 3.63) is 11.6 Å². The summed E-state index contributed by atoms with van der Waals surface area (Å²) < 4.78 is 16.7. The first-order valence-corrected chi connectivity index (χ1v) is 9.44. The highest BCUT2D eigenvalue weighted by Crippen LogP contribution is 2.68. The number of rotatable bonds is 0. The first kappa shape index (κ1) is 16.7. The van der Waals surface area contributed by atoms with Crippen molar-refractivity contribution in [2.75, 3.05) is 0 Å². The number of alkyl halides is 1. The van der Waals surface area contributed by atoms with E-state index in [0.29, 0.717) is 25.7 Å². The summed E-state index contributed by atoms with van der Waals surface area (Å²) in [6.07, 6.45) is 3.88. The standard InChI is InChI=1S/C20H29FO3/c1-11-9-19(3)12(8-15(11)22)4-5-14-13-6-7-16(23)18(13,2)10-17(24)20(14,19)21/h8,11,13-14,16-17,23-24H,4-7,9-10H2,1-3H3/t11?,13-,14-,16?,17?,18-,19-,20-/m0/s1/i23+1,24+1. The van der Waals surface area contributed by atoms with Crippen molar-refractivity contribution in [1.29, 1.82) is 0 Å². The van der Waals surface area contributed by atoms with Crippen molar-refractivity contribution in [3.8, 4) is 0 Å². The molecule has 3 unspecified atom stereocenters. The highest BCUT2D eigenvalue weighted by atomic mass is 19.1. The van der Waals surface area contributed by atoms with Crippen molar-refractivity contribution in [2.45, 2.75) is 77.2 Å². The van der Waals surface area contributed by atoms with Gasteiger partial charge in [0.2, 0.25) is 0 Å². The zero-order valence-corrected chi connectivity index (χ0v) is 14.9. The number of ketones is 1. The fourth-order valence-corrected chi connectivity index (χ4v) is 6.86. The average Bonchev–Trinajstić information content (AvgIpc) is 2.79. The van der Waals surface area contributed by atoms with E-state index in [1.807, 2.05) is 20.8 Å². The molecule has 0 aromatic carbocycles. The monoisotopic (exact) mass is 338 g/mol. The molecule has 3 fully saturated rings. The summed E-state index contributed by atoms with van der Waals surface area (Å²) in [5, 5.41) is 21.4. The molecule has 4 aliphatic rings. The summed E-state index contributed by atoms with van der Waals surface area (Å²) in [4.78, 5) is 12.1. The van der Waals surface area contributed by atoms with Gasteiger partial charge in [-0.3, -0.25) is 4.79 Å². The second-order valence-electron chi connectivity index (χ2n) is 9.35. The Balaban J connectivity index is 1.82. The van der Waals surface area contributed by atoms with Crippen molar-refractivity contribution in [1.82, 2.24) is 0 Å². The third-order valence-electron chi connectivity index (χ3n) is 8.30. The number of carbonyl (C=O) groups excluding carboxylic acids is 1. The van der Waals surface area contributed by atoms with Gasteiger partial charge in [-0.1, -0.05) is 26.3 Å². The molecule has 0 bridgehead atoms. The molecule has 134 valence electrons. The van der Waals surface area contributed by atoms with Gasteiger partial charge in [-0.15, -0.1) is 0 Å². The van der Waals surface area contributed by atoms with Crippen LogP contribution in [0.25, 0.3) is 0 Å². The Bertz CT molecular complexity index is 616. The van der Waals surface area contributed by atoms with Crippen molar-refractivity contribution >= 4 is 5.78 Å². The van der Waals surface area contributed by atoms with E-state index in [2.05, 4.69) is 0 Å². The number of halogens is 1. The largest absolute Gasteiger partial charge is 0.393 e. The Morgan fingerprint density at radius 3 is 2.50 bits per heavy atom. The molecule has 0 radical (unpaired) electrons. The maximum Gasteiger partial charge on any atom is 0.158 e. The maximum atomic E-state index is 16.7. The second-order valence-corrected chi connectivity index (χ2v) is 9.35. The number of hydrogen-bond acceptors (Lipinski definition) is 3. The van der Waals surface area contributed by atoms with E-state index in [1.165, 1.54) is 0 Å². The van der Waals surface area contributed by atoms with Gasteiger partial charge in [0.05, 0.1) is 12.2 Å². The van der Waals surface area contributed by atoms with E-state index >= 15 is 4.39 Å². The molecule has 8 atom stereocenters. The lowest BCUT2D eigenvalue weighted by atomic mass is 9.44. The molecular weight excluding hydrogens is 309 g/mol. The minimum absolute atomic E-state index is 0.0935. The SMILES string of the molecule is CC1C[C@@]2(C)C(=CC1=O)CC[C@H]1[C@@H]3CCC([17OH])[C@@]3(C)CC([17OH])[C@@]12F. The van der Waals surface area contributed by atoms with E-state index < -0.39 is 23.3 Å². The number of allylic oxidation sites excluding steroid dienone is 1. The van der Waals surface area contributed by atoms with Gasteiger partial charge in [-0.05, 0) is 55.9 Å². The average molecular weight is 338 g/mol. The van der Waals surface area contributed by atoms with Gasteiger partial charge in [-0.25, -0.2) is 4.39 Å². The van der Waals surface area contributed by atoms with Crippen LogP contribution in [-0.2, 0) is 4.79 Å². The molecule has 0 spiro atoms. The van der Waals surface area contributed by atoms with E-state index in [4.69, 9.17) is 0 Å². The first-order valence-electron chi connectivity index (χ1n) is 9.44. The van der Waals surface area contributed by atoms with Crippen molar-refractivity contribution in [3.63, 3.8) is 0 Å². The summed E-state index contributed by atoms with van der Waals surface area (Å²) in [5.41, 5.74) is -1.95. The highest BCUT2D eigenvalue weighted by Gasteiger charge is 2.70. The van der Waals surface area contributed by atoms with E-state index in [1.54, 1.807) is 6.08 Å². The predicted octanol–water partition coefficient (Wildman–Crippen LogP) is 3.19. The van der Waals surface area contributed by atoms with Crippen LogP contribution in [0.15, 0.2) is 11.6 Å². The first-order chi connectivity index (χ1) is 11.1. The minimum atomic E-state index is -1.69. The molecule has 3 nitrogen and oxygen atoms in total. The Morgan fingerprint density at radius 1 is 1.08 bits per heavy atom. The molecule has 0 amide bonds. The number of aliphatic hydroxyl groups excluding tert-OH is 2. The molecule has 3 saturated carbocycles. The van der Waals surface area contributed by atoms with Crippen LogP contribution < -0.4 is 0 Å². The Labute approximate surface area is 143 Å². The van der Waals surface area contributed by atoms with Gasteiger partial charge < -0.3 is 10.2 Å². The zero-order valence-electron chi connectivity index (χ0n) is 14.9. The molecule has 0 heterocycles. The molecule has 4 heteroatoms. The molecule has 0 saturated heterocycles. The summed E-state index contributed by atoms with van der Waals surface area (Å²) >= 11 is 0. The van der Waals surface area contributed by atoms with Gasteiger partial charge in [0, 0.05) is 17.3 Å². The highest BCUT2D eigenvalue weighted by molar-refractivity contribution is 5.93. The molecule has 0 aromatic rings. The smallest absolute Gasteiger partial charge is 0.158 e. The van der Waals surface area contributed by atoms with Crippen LogP contribution in [0.2, 0.25) is 0 Å². The maximum absolute atomic E-state index is 16.7. The van der Waals surface area contributed by atoms with E-state index in [-0.39, 0.29) is 29.0 Å². The van der Waals surface area contributed by atoms with Crippen LogP contribution in [0, 0.1) is 28.6 Å². The molecule has 4 aliphatic carbocycles. The number of fused-ring (bicyclic) bond motifs is 5. The molecular formula is C20H29FO3. The predicted molar refractivity (Wildman–Crippen MR) is 89.0 cm³/mol. The summed E-state index contributed by atoms with van der Waals surface area (Å²) in [5.74, 6) is -0.214. The van der Waals surface area contributed by atoms with Crippen LogP contribution in [0.1, 0.15) is 59.3 Å². The van der Waals surface area contributed by atoms with Gasteiger partial charge in [0.25, 0.3) is 0 Å². The summed E-state index contributed by atoms with van der Waals surface area (Å²) in [7, 11) is 0. The van der Waals surface area contributed by atoms with Crippen LogP contribution in [-0.4, -0.2) is 33.9 Å². The topological polar surface area (TPSA) is 57.5 Å². The fourth-order valence-electron chi connectivity index (χ4n) is 6.86. The van der Waals surface area contributed by atoms with E-state index in [0.717, 1.165) is 18.4 Å². The lowest BCUT2D eigenvalue weighted by Crippen LogP contribution is -2.67. The quantitative estimate of drug-likeness (QED) is 0.713. The second kappa shape index (κ2) is 4.91. The molecule has 0 aromatic heterocycles. The lowest BCUT2D eigenvalue weighted by molar-refractivity contribution is -0.215. The zero-order chi connectivity index (χ0) is 17.5. The van der Waals surface area contributed by atoms with Crippen molar-refractivity contribution < 1.29 is 19.4 Å². The summed E-state index contributed by atoms with van der Waals surface area (Å²) in [6.45, 7) is 5.82. The molecule has 0 aliphatic heterocycles. The number of carbonyl (C=O) groups is 1. The fraction of sp³-hybridized carbons (Fsp3) is 0.850. The van der Waals surface area contributed by atoms with Crippen LogP contribution in [0.3, 0.4) is 0 Å². The third-order valence-corrected chi connectivity index (χ3v) is 8.30. The summed E-state index contributed by atoms with van der Waals surface area (Å²) in [6, 6.07) is 0. The third kappa shape index (κ3) is 1.77.